The minimum Gasteiger partial charge on any atom is -0.360 e. The van der Waals surface area contributed by atoms with Gasteiger partial charge in [0, 0.05) is 30.0 Å². The van der Waals surface area contributed by atoms with Crippen LogP contribution in [-0.2, 0) is 6.54 Å². The van der Waals surface area contributed by atoms with Crippen LogP contribution in [0.3, 0.4) is 0 Å². The minimum absolute atomic E-state index is 0.127. The Balaban J connectivity index is 1.68. The molecule has 26 heavy (non-hydrogen) atoms. The van der Waals surface area contributed by atoms with Gasteiger partial charge in [-0.15, -0.1) is 10.2 Å². The third-order valence-electron chi connectivity index (χ3n) is 4.12. The second kappa shape index (κ2) is 8.51. The van der Waals surface area contributed by atoms with Gasteiger partial charge in [0.05, 0.1) is 5.75 Å². The number of carbonyl (C=O) groups is 1. The topological polar surface area (TPSA) is 59.8 Å². The summed E-state index contributed by atoms with van der Waals surface area (Å²) in [6.07, 6.45) is 0. The predicted molar refractivity (Wildman–Crippen MR) is 109 cm³/mol. The number of hydrogen-bond donors (Lipinski definition) is 1. The molecule has 0 saturated carbocycles. The molecule has 3 rings (SSSR count). The van der Waals surface area contributed by atoms with Gasteiger partial charge in [-0.05, 0) is 32.4 Å². The van der Waals surface area contributed by atoms with E-state index in [0.717, 1.165) is 39.5 Å². The van der Waals surface area contributed by atoms with Gasteiger partial charge in [-0.3, -0.25) is 4.79 Å². The third-order valence-corrected chi connectivity index (χ3v) is 6.13. The number of aryl methyl sites for hydroxylation is 1. The van der Waals surface area contributed by atoms with E-state index in [-0.39, 0.29) is 5.78 Å². The highest BCUT2D eigenvalue weighted by Crippen LogP contribution is 2.27. The molecule has 2 aromatic heterocycles. The van der Waals surface area contributed by atoms with Gasteiger partial charge >= 0.3 is 0 Å². The van der Waals surface area contributed by atoms with Crippen LogP contribution in [0.25, 0.3) is 0 Å². The normalized spacial score (nSPS) is 10.9. The molecule has 0 aliphatic heterocycles. The Bertz CT molecular complexity index is 886. The Labute approximate surface area is 161 Å². The van der Waals surface area contributed by atoms with E-state index in [1.54, 1.807) is 0 Å². The van der Waals surface area contributed by atoms with Gasteiger partial charge in [-0.1, -0.05) is 53.4 Å². The highest BCUT2D eigenvalue weighted by molar-refractivity contribution is 8.01. The number of anilines is 1. The first-order valence-electron chi connectivity index (χ1n) is 8.52. The fraction of sp³-hybridized carbons (Fsp3) is 0.316. The summed E-state index contributed by atoms with van der Waals surface area (Å²) in [5.41, 5.74) is 4.14. The number of carbonyl (C=O) groups excluding carboxylic acids is 1. The third kappa shape index (κ3) is 4.34. The van der Waals surface area contributed by atoms with Crippen LogP contribution in [0.15, 0.2) is 40.7 Å². The van der Waals surface area contributed by atoms with Crippen molar-refractivity contribution < 1.29 is 4.79 Å². The van der Waals surface area contributed by atoms with Crippen LogP contribution >= 0.6 is 23.1 Å². The van der Waals surface area contributed by atoms with Crippen molar-refractivity contribution >= 4 is 34.0 Å². The highest BCUT2D eigenvalue weighted by Gasteiger charge is 2.17. The van der Waals surface area contributed by atoms with E-state index in [1.165, 1.54) is 28.7 Å². The van der Waals surface area contributed by atoms with Crippen LogP contribution in [0.2, 0.25) is 0 Å². The first-order chi connectivity index (χ1) is 12.6. The molecule has 0 saturated heterocycles. The minimum atomic E-state index is 0.127. The second-order valence-electron chi connectivity index (χ2n) is 5.97. The Kier molecular flexibility index (Phi) is 6.11. The lowest BCUT2D eigenvalue weighted by Crippen LogP contribution is -2.07. The zero-order valence-corrected chi connectivity index (χ0v) is 16.8. The number of nitrogens with one attached hydrogen (secondary N) is 1. The Morgan fingerprint density at radius 1 is 1.23 bits per heavy atom. The number of nitrogens with zero attached hydrogens (tertiary/aromatic N) is 3. The van der Waals surface area contributed by atoms with Crippen molar-refractivity contribution in [2.45, 2.75) is 31.7 Å². The molecule has 0 radical (unpaired) electrons. The lowest BCUT2D eigenvalue weighted by atomic mass is 10.2. The summed E-state index contributed by atoms with van der Waals surface area (Å²) in [4.78, 5) is 12.7. The summed E-state index contributed by atoms with van der Waals surface area (Å²) in [7, 11) is 0. The molecule has 0 bridgehead atoms. The summed E-state index contributed by atoms with van der Waals surface area (Å²) in [5.74, 6) is 0.499. The Morgan fingerprint density at radius 2 is 2.00 bits per heavy atom. The zero-order chi connectivity index (χ0) is 18.5. The smallest absolute Gasteiger partial charge is 0.206 e. The van der Waals surface area contributed by atoms with Crippen molar-refractivity contribution in [2.24, 2.45) is 0 Å². The van der Waals surface area contributed by atoms with Crippen LogP contribution in [-0.4, -0.2) is 32.8 Å². The first kappa shape index (κ1) is 18.7. The summed E-state index contributed by atoms with van der Waals surface area (Å²) in [6.45, 7) is 7.67. The van der Waals surface area contributed by atoms with Gasteiger partial charge in [-0.25, -0.2) is 0 Å². The van der Waals surface area contributed by atoms with Gasteiger partial charge in [-0.2, -0.15) is 0 Å². The van der Waals surface area contributed by atoms with Crippen molar-refractivity contribution in [3.8, 4) is 0 Å². The van der Waals surface area contributed by atoms with Crippen molar-refractivity contribution in [3.05, 3.63) is 58.9 Å². The van der Waals surface area contributed by atoms with E-state index >= 15 is 0 Å². The molecular weight excluding hydrogens is 364 g/mol. The van der Waals surface area contributed by atoms with Crippen LogP contribution in [0.4, 0.5) is 5.13 Å². The number of rotatable bonds is 8. The van der Waals surface area contributed by atoms with Crippen molar-refractivity contribution in [1.82, 2.24) is 14.8 Å². The molecule has 0 unspecified atom stereocenters. The fourth-order valence-corrected chi connectivity index (χ4v) is 4.49. The van der Waals surface area contributed by atoms with Gasteiger partial charge in [0.25, 0.3) is 0 Å². The largest absolute Gasteiger partial charge is 0.360 e. The van der Waals surface area contributed by atoms with E-state index < -0.39 is 0 Å². The molecule has 0 spiro atoms. The molecule has 0 aliphatic carbocycles. The molecule has 0 amide bonds. The second-order valence-corrected chi connectivity index (χ2v) is 8.17. The van der Waals surface area contributed by atoms with E-state index in [0.29, 0.717) is 5.75 Å². The van der Waals surface area contributed by atoms with Crippen LogP contribution < -0.4 is 5.32 Å². The fourth-order valence-electron chi connectivity index (χ4n) is 2.79. The van der Waals surface area contributed by atoms with Crippen molar-refractivity contribution in [3.63, 3.8) is 0 Å². The van der Waals surface area contributed by atoms with Crippen molar-refractivity contribution in [2.75, 3.05) is 17.6 Å². The average Bonchev–Trinajstić information content (AvgIpc) is 3.20. The molecule has 7 heteroatoms. The number of Topliss-reactive ketones (excluding diaryl/α,β-unsaturated/α-hetero) is 1. The van der Waals surface area contributed by atoms with Crippen LogP contribution in [0, 0.1) is 13.8 Å². The number of benzene rings is 1. The summed E-state index contributed by atoms with van der Waals surface area (Å²) in [5, 5.41) is 12.1. The molecule has 136 valence electrons. The molecule has 2 heterocycles. The monoisotopic (exact) mass is 386 g/mol. The van der Waals surface area contributed by atoms with E-state index in [9.17, 15) is 4.79 Å². The molecule has 0 atom stereocenters. The first-order valence-corrected chi connectivity index (χ1v) is 10.3. The number of hydrogen-bond acceptors (Lipinski definition) is 6. The molecule has 1 aromatic carbocycles. The maximum Gasteiger partial charge on any atom is 0.206 e. The average molecular weight is 387 g/mol. The number of aromatic nitrogens is 3. The standard InChI is InChI=1S/C19H22N4OS2/c1-4-20-18-21-22-19(26-18)25-12-17(24)16-10-13(2)23(14(16)3)11-15-8-6-5-7-9-15/h5-10H,4,11-12H2,1-3H3,(H,20,21). The zero-order valence-electron chi connectivity index (χ0n) is 15.2. The quantitative estimate of drug-likeness (QED) is 0.459. The Morgan fingerprint density at radius 3 is 2.73 bits per heavy atom. The maximum absolute atomic E-state index is 12.7. The van der Waals surface area contributed by atoms with Gasteiger partial charge in [0.15, 0.2) is 10.1 Å². The van der Waals surface area contributed by atoms with E-state index in [4.69, 9.17) is 0 Å². The lowest BCUT2D eigenvalue weighted by Gasteiger charge is -2.09. The Hall–Kier alpha value is -2.12. The molecular formula is C19H22N4OS2. The maximum atomic E-state index is 12.7. The van der Waals surface area contributed by atoms with Gasteiger partial charge in [0.1, 0.15) is 0 Å². The van der Waals surface area contributed by atoms with E-state index in [1.807, 2.05) is 45.0 Å². The molecule has 3 aromatic rings. The van der Waals surface area contributed by atoms with Crippen molar-refractivity contribution in [1.29, 1.82) is 0 Å². The number of ketones is 1. The lowest BCUT2D eigenvalue weighted by molar-refractivity contribution is 0.102. The highest BCUT2D eigenvalue weighted by atomic mass is 32.2. The predicted octanol–water partition coefficient (Wildman–Crippen LogP) is 4.41. The van der Waals surface area contributed by atoms with Crippen LogP contribution in [0.5, 0.6) is 0 Å². The summed E-state index contributed by atoms with van der Waals surface area (Å²) < 4.78 is 3.01. The van der Waals surface area contributed by atoms with Gasteiger partial charge < -0.3 is 9.88 Å². The number of thioether (sulfide) groups is 1. The molecule has 5 nitrogen and oxygen atoms in total. The molecule has 0 aliphatic rings. The van der Waals surface area contributed by atoms with E-state index in [2.05, 4.69) is 32.2 Å². The molecule has 0 fully saturated rings. The SMILES string of the molecule is CCNc1nnc(SCC(=O)c2cc(C)n(Cc3ccccc3)c2C)s1. The van der Waals surface area contributed by atoms with Gasteiger partial charge in [0.2, 0.25) is 5.13 Å². The summed E-state index contributed by atoms with van der Waals surface area (Å²) >= 11 is 2.93. The van der Waals surface area contributed by atoms with Crippen LogP contribution in [0.1, 0.15) is 34.2 Å². The molecule has 1 N–H and O–H groups in total. The summed E-state index contributed by atoms with van der Waals surface area (Å²) in [6, 6.07) is 12.3.